The maximum absolute atomic E-state index is 13.5. The Labute approximate surface area is 120 Å². The normalized spacial score (nSPS) is 11.2. The zero-order valence-electron chi connectivity index (χ0n) is 11.9. The number of hydrogen-bond donors (Lipinski definition) is 1. The van der Waals surface area contributed by atoms with Crippen molar-refractivity contribution in [1.82, 2.24) is 14.3 Å². The summed E-state index contributed by atoms with van der Waals surface area (Å²) >= 11 is 0. The van der Waals surface area contributed by atoms with E-state index in [0.29, 0.717) is 5.69 Å². The molecule has 1 N–H and O–H groups in total. The molecule has 0 amide bonds. The van der Waals surface area contributed by atoms with Gasteiger partial charge in [-0.2, -0.15) is 5.10 Å². The quantitative estimate of drug-likeness (QED) is 0.788. The maximum atomic E-state index is 13.5. The van der Waals surface area contributed by atoms with E-state index >= 15 is 0 Å². The fourth-order valence-corrected chi connectivity index (χ4v) is 2.73. The number of hydrogen-bond acceptors (Lipinski definition) is 2. The number of nitrogens with zero attached hydrogens (tertiary/aromatic N) is 3. The summed E-state index contributed by atoms with van der Waals surface area (Å²) in [7, 11) is 3.53. The summed E-state index contributed by atoms with van der Waals surface area (Å²) in [6, 6.07) is 4.50. The lowest BCUT2D eigenvalue weighted by atomic mass is 10.0. The molecule has 0 saturated carbocycles. The smallest absolute Gasteiger partial charge is 0.339 e. The number of halogens is 1. The Morgan fingerprint density at radius 3 is 2.71 bits per heavy atom. The van der Waals surface area contributed by atoms with E-state index in [9.17, 15) is 14.3 Å². The van der Waals surface area contributed by atoms with Crippen molar-refractivity contribution in [3.63, 3.8) is 0 Å². The van der Waals surface area contributed by atoms with E-state index < -0.39 is 5.97 Å². The molecular weight excluding hydrogens is 273 g/mol. The third kappa shape index (κ3) is 1.83. The Balaban J connectivity index is 2.44. The van der Waals surface area contributed by atoms with Crippen molar-refractivity contribution in [3.05, 3.63) is 41.5 Å². The minimum Gasteiger partial charge on any atom is -0.478 e. The van der Waals surface area contributed by atoms with Crippen LogP contribution >= 0.6 is 0 Å². The van der Waals surface area contributed by atoms with Crippen LogP contribution in [0.15, 0.2) is 24.4 Å². The van der Waals surface area contributed by atoms with Gasteiger partial charge < -0.3 is 9.67 Å². The van der Waals surface area contributed by atoms with Gasteiger partial charge in [0.15, 0.2) is 0 Å². The molecule has 2 heterocycles. The van der Waals surface area contributed by atoms with Crippen LogP contribution in [0.25, 0.3) is 22.2 Å². The van der Waals surface area contributed by atoms with Crippen LogP contribution in [0.5, 0.6) is 0 Å². The number of aromatic nitrogens is 3. The monoisotopic (exact) mass is 287 g/mol. The van der Waals surface area contributed by atoms with Crippen molar-refractivity contribution in [3.8, 4) is 11.3 Å². The van der Waals surface area contributed by atoms with Gasteiger partial charge in [-0.15, -0.1) is 0 Å². The average Bonchev–Trinajstić information content (AvgIpc) is 2.91. The minimum atomic E-state index is -1.03. The number of aromatic carboxylic acids is 1. The van der Waals surface area contributed by atoms with Crippen molar-refractivity contribution in [2.24, 2.45) is 14.1 Å². The molecule has 0 aliphatic carbocycles. The third-order valence-corrected chi connectivity index (χ3v) is 3.86. The second kappa shape index (κ2) is 4.44. The maximum Gasteiger partial charge on any atom is 0.339 e. The molecule has 0 radical (unpaired) electrons. The Bertz CT molecular complexity index is 877. The van der Waals surface area contributed by atoms with E-state index in [-0.39, 0.29) is 11.4 Å². The molecule has 108 valence electrons. The fourth-order valence-electron chi connectivity index (χ4n) is 2.73. The van der Waals surface area contributed by atoms with Crippen LogP contribution in [0.4, 0.5) is 4.39 Å². The summed E-state index contributed by atoms with van der Waals surface area (Å²) in [5, 5.41) is 14.2. The van der Waals surface area contributed by atoms with E-state index in [1.807, 2.05) is 18.5 Å². The van der Waals surface area contributed by atoms with Crippen LogP contribution in [-0.2, 0) is 14.1 Å². The Morgan fingerprint density at radius 2 is 2.05 bits per heavy atom. The molecule has 6 heteroatoms. The van der Waals surface area contributed by atoms with Gasteiger partial charge in [0.05, 0.1) is 17.4 Å². The number of aryl methyl sites for hydroxylation is 2. The topological polar surface area (TPSA) is 60.0 Å². The second-order valence-electron chi connectivity index (χ2n) is 5.02. The lowest BCUT2D eigenvalue weighted by molar-refractivity contribution is 0.0697. The predicted molar refractivity (Wildman–Crippen MR) is 76.8 cm³/mol. The molecule has 21 heavy (non-hydrogen) atoms. The zero-order valence-corrected chi connectivity index (χ0v) is 11.9. The second-order valence-corrected chi connectivity index (χ2v) is 5.02. The van der Waals surface area contributed by atoms with Crippen molar-refractivity contribution in [2.45, 2.75) is 6.92 Å². The van der Waals surface area contributed by atoms with Crippen LogP contribution < -0.4 is 0 Å². The van der Waals surface area contributed by atoms with Crippen molar-refractivity contribution >= 4 is 16.9 Å². The van der Waals surface area contributed by atoms with E-state index in [1.165, 1.54) is 23.0 Å². The lowest BCUT2D eigenvalue weighted by Gasteiger charge is -2.05. The zero-order chi connectivity index (χ0) is 15.3. The molecular formula is C15H14FN3O2. The molecule has 0 fully saturated rings. The molecule has 0 spiro atoms. The van der Waals surface area contributed by atoms with Gasteiger partial charge >= 0.3 is 5.97 Å². The number of carboxylic acid groups (broad SMARTS) is 1. The number of carboxylic acids is 1. The van der Waals surface area contributed by atoms with Crippen LogP contribution in [0, 0.1) is 12.7 Å². The molecule has 0 aliphatic rings. The predicted octanol–water partition coefficient (Wildman–Crippen LogP) is 2.72. The van der Waals surface area contributed by atoms with Crippen LogP contribution in [0.2, 0.25) is 0 Å². The first-order valence-corrected chi connectivity index (χ1v) is 6.42. The van der Waals surface area contributed by atoms with Crippen LogP contribution in [-0.4, -0.2) is 25.4 Å². The number of fused-ring (bicyclic) bond motifs is 1. The summed E-state index contributed by atoms with van der Waals surface area (Å²) in [5.74, 6) is -1.35. The standard InChI is InChI=1S/C15H14FN3O2/c1-8-13(14-11(15(20)21)7-17-19(14)3)10-5-4-9(16)6-12(10)18(8)2/h4-7H,1-3H3,(H,20,21). The van der Waals surface area contributed by atoms with Crippen molar-refractivity contribution in [1.29, 1.82) is 0 Å². The van der Waals surface area contributed by atoms with Gasteiger partial charge in [-0.25, -0.2) is 9.18 Å². The molecule has 0 saturated heterocycles. The van der Waals surface area contributed by atoms with Gasteiger partial charge in [0, 0.05) is 30.7 Å². The van der Waals surface area contributed by atoms with Gasteiger partial charge in [-0.3, -0.25) is 4.68 Å². The summed E-state index contributed by atoms with van der Waals surface area (Å²) in [4.78, 5) is 11.4. The van der Waals surface area contributed by atoms with E-state index in [4.69, 9.17) is 0 Å². The van der Waals surface area contributed by atoms with E-state index in [1.54, 1.807) is 13.1 Å². The molecule has 0 bridgehead atoms. The highest BCUT2D eigenvalue weighted by Crippen LogP contribution is 2.35. The number of carbonyl (C=O) groups is 1. The highest BCUT2D eigenvalue weighted by molar-refractivity contribution is 6.03. The highest BCUT2D eigenvalue weighted by atomic mass is 19.1. The summed E-state index contributed by atoms with van der Waals surface area (Å²) in [6.07, 6.45) is 1.33. The van der Waals surface area contributed by atoms with Gasteiger partial charge in [-0.05, 0) is 25.1 Å². The Hall–Kier alpha value is -2.63. The van der Waals surface area contributed by atoms with Crippen LogP contribution in [0.1, 0.15) is 16.1 Å². The average molecular weight is 287 g/mol. The first-order valence-electron chi connectivity index (χ1n) is 6.42. The van der Waals surface area contributed by atoms with Gasteiger partial charge in [0.2, 0.25) is 0 Å². The van der Waals surface area contributed by atoms with Gasteiger partial charge in [0.25, 0.3) is 0 Å². The molecule has 1 aromatic carbocycles. The fraction of sp³-hybridized carbons (Fsp3) is 0.200. The molecule has 0 unspecified atom stereocenters. The molecule has 3 rings (SSSR count). The summed E-state index contributed by atoms with van der Waals surface area (Å²) < 4.78 is 16.9. The van der Waals surface area contributed by atoms with Crippen molar-refractivity contribution in [2.75, 3.05) is 0 Å². The minimum absolute atomic E-state index is 0.137. The highest BCUT2D eigenvalue weighted by Gasteiger charge is 2.23. The Kier molecular flexibility index (Phi) is 2.83. The largest absolute Gasteiger partial charge is 0.478 e. The SMILES string of the molecule is Cc1c(-c2c(C(=O)O)cnn2C)c2ccc(F)cc2n1C. The summed E-state index contributed by atoms with van der Waals surface area (Å²) in [6.45, 7) is 1.88. The number of benzene rings is 1. The molecule has 0 aliphatic heterocycles. The summed E-state index contributed by atoms with van der Waals surface area (Å²) in [5.41, 5.74) is 3.02. The molecule has 2 aromatic heterocycles. The lowest BCUT2D eigenvalue weighted by Crippen LogP contribution is -2.02. The first-order chi connectivity index (χ1) is 9.91. The Morgan fingerprint density at radius 1 is 1.33 bits per heavy atom. The number of rotatable bonds is 2. The molecule has 3 aromatic rings. The molecule has 0 atom stereocenters. The van der Waals surface area contributed by atoms with Gasteiger partial charge in [0.1, 0.15) is 11.4 Å². The third-order valence-electron chi connectivity index (χ3n) is 3.86. The van der Waals surface area contributed by atoms with Gasteiger partial charge in [-0.1, -0.05) is 0 Å². The van der Waals surface area contributed by atoms with Crippen molar-refractivity contribution < 1.29 is 14.3 Å². The first kappa shape index (κ1) is 13.4. The molecule has 5 nitrogen and oxygen atoms in total. The van der Waals surface area contributed by atoms with E-state index in [0.717, 1.165) is 22.2 Å². The van der Waals surface area contributed by atoms with Crippen LogP contribution in [0.3, 0.4) is 0 Å². The van der Waals surface area contributed by atoms with E-state index in [2.05, 4.69) is 5.10 Å².